The lowest BCUT2D eigenvalue weighted by Crippen LogP contribution is -2.02. The molecule has 0 heterocycles. The molecule has 25 heavy (non-hydrogen) atoms. The molecule has 1 heteroatoms. The van der Waals surface area contributed by atoms with Crippen LogP contribution in [0.4, 0.5) is 0 Å². The van der Waals surface area contributed by atoms with E-state index in [-0.39, 0.29) is 6.10 Å². The minimum absolute atomic E-state index is 0.122. The molecule has 1 atom stereocenters. The highest BCUT2D eigenvalue weighted by Gasteiger charge is 2.10. The second-order valence-electron chi connectivity index (χ2n) is 6.21. The van der Waals surface area contributed by atoms with Gasteiger partial charge in [-0.25, -0.2) is 0 Å². The largest absolute Gasteiger partial charge is 0.365 e. The predicted octanol–water partition coefficient (Wildman–Crippen LogP) is 6.44. The molecule has 122 valence electrons. The minimum atomic E-state index is -0.122. The van der Waals surface area contributed by atoms with Crippen molar-refractivity contribution < 1.29 is 4.74 Å². The molecule has 1 nitrogen and oxygen atoms in total. The van der Waals surface area contributed by atoms with Crippen LogP contribution < -0.4 is 0 Å². The highest BCUT2D eigenvalue weighted by molar-refractivity contribution is 5.85. The van der Waals surface area contributed by atoms with Gasteiger partial charge in [-0.1, -0.05) is 84.9 Å². The zero-order valence-corrected chi connectivity index (χ0v) is 14.1. The Bertz CT molecular complexity index is 1030. The smallest absolute Gasteiger partial charge is 0.101 e. The van der Waals surface area contributed by atoms with Crippen molar-refractivity contribution >= 4 is 21.5 Å². The number of hydrogen-bond donors (Lipinski definition) is 0. The van der Waals surface area contributed by atoms with Gasteiger partial charge in [0.15, 0.2) is 0 Å². The Hall–Kier alpha value is -2.90. The lowest BCUT2D eigenvalue weighted by Gasteiger charge is -2.16. The highest BCUT2D eigenvalue weighted by atomic mass is 16.5. The van der Waals surface area contributed by atoms with Gasteiger partial charge in [-0.2, -0.15) is 0 Å². The fourth-order valence-corrected chi connectivity index (χ4v) is 3.28. The van der Waals surface area contributed by atoms with Crippen molar-refractivity contribution in [1.29, 1.82) is 0 Å². The summed E-state index contributed by atoms with van der Waals surface area (Å²) in [5.74, 6) is 0. The number of rotatable bonds is 5. The monoisotopic (exact) mass is 324 g/mol. The molecule has 0 fully saturated rings. The van der Waals surface area contributed by atoms with E-state index in [2.05, 4.69) is 91.5 Å². The quantitative estimate of drug-likeness (QED) is 0.384. The summed E-state index contributed by atoms with van der Waals surface area (Å²) in [7, 11) is 0. The van der Waals surface area contributed by atoms with Crippen LogP contribution in [0.3, 0.4) is 0 Å². The number of fused-ring (bicyclic) bond motifs is 2. The maximum atomic E-state index is 6.20. The summed E-state index contributed by atoms with van der Waals surface area (Å²) in [6.45, 7) is 4.53. The lowest BCUT2D eigenvalue weighted by atomic mass is 10.0. The van der Waals surface area contributed by atoms with Crippen molar-refractivity contribution in [3.8, 4) is 0 Å². The van der Waals surface area contributed by atoms with Crippen molar-refractivity contribution in [2.24, 2.45) is 0 Å². The molecular weight excluding hydrogens is 304 g/mol. The van der Waals surface area contributed by atoms with Gasteiger partial charge in [0, 0.05) is 0 Å². The Morgan fingerprint density at radius 1 is 0.760 bits per heavy atom. The molecule has 4 aromatic rings. The molecule has 4 rings (SSSR count). The van der Waals surface area contributed by atoms with Gasteiger partial charge in [0.1, 0.15) is 6.10 Å². The normalized spacial score (nSPS) is 12.3. The van der Waals surface area contributed by atoms with E-state index in [1.807, 2.05) is 6.08 Å². The number of hydrogen-bond acceptors (Lipinski definition) is 1. The summed E-state index contributed by atoms with van der Waals surface area (Å²) >= 11 is 0. The molecule has 0 amide bonds. The van der Waals surface area contributed by atoms with Crippen LogP contribution in [0.15, 0.2) is 97.6 Å². The summed E-state index contributed by atoms with van der Waals surface area (Å²) in [5, 5.41) is 4.94. The van der Waals surface area contributed by atoms with Crippen molar-refractivity contribution in [2.75, 3.05) is 0 Å². The van der Waals surface area contributed by atoms with E-state index in [1.54, 1.807) is 0 Å². The lowest BCUT2D eigenvalue weighted by molar-refractivity contribution is 0.0729. The summed E-state index contributed by atoms with van der Waals surface area (Å²) in [5.41, 5.74) is 2.33. The maximum Gasteiger partial charge on any atom is 0.101 e. The van der Waals surface area contributed by atoms with E-state index in [1.165, 1.54) is 27.1 Å². The number of ether oxygens (including phenoxy) is 1. The Labute approximate surface area is 148 Å². The van der Waals surface area contributed by atoms with Crippen LogP contribution in [-0.2, 0) is 11.3 Å². The summed E-state index contributed by atoms with van der Waals surface area (Å²) < 4.78 is 6.20. The van der Waals surface area contributed by atoms with E-state index < -0.39 is 0 Å². The summed E-state index contributed by atoms with van der Waals surface area (Å²) in [6, 6.07) is 29.6. The molecule has 0 aromatic heterocycles. The fourth-order valence-electron chi connectivity index (χ4n) is 3.28. The molecule has 0 saturated carbocycles. The van der Waals surface area contributed by atoms with Gasteiger partial charge in [-0.05, 0) is 38.7 Å². The molecule has 0 aliphatic rings. The molecule has 4 aromatic carbocycles. The van der Waals surface area contributed by atoms with Crippen LogP contribution >= 0.6 is 0 Å². The van der Waals surface area contributed by atoms with Crippen molar-refractivity contribution in [2.45, 2.75) is 12.7 Å². The van der Waals surface area contributed by atoms with E-state index in [4.69, 9.17) is 4.74 Å². The summed E-state index contributed by atoms with van der Waals surface area (Å²) in [4.78, 5) is 0. The third-order valence-corrected chi connectivity index (χ3v) is 4.61. The third-order valence-electron chi connectivity index (χ3n) is 4.61. The van der Waals surface area contributed by atoms with Gasteiger partial charge in [0.2, 0.25) is 0 Å². The van der Waals surface area contributed by atoms with Crippen molar-refractivity contribution in [1.82, 2.24) is 0 Å². The zero-order chi connectivity index (χ0) is 17.1. The second kappa shape index (κ2) is 6.92. The molecule has 0 radical (unpaired) electrons. The summed E-state index contributed by atoms with van der Waals surface area (Å²) in [6.07, 6.45) is 1.75. The van der Waals surface area contributed by atoms with Gasteiger partial charge in [-0.15, -0.1) is 6.58 Å². The van der Waals surface area contributed by atoms with Crippen LogP contribution in [0.2, 0.25) is 0 Å². The SMILES string of the molecule is C=C[C@@H](OCc1cccc2ccccc12)c1ccc2ccccc2c1. The Morgan fingerprint density at radius 2 is 1.48 bits per heavy atom. The first-order valence-electron chi connectivity index (χ1n) is 8.54. The topological polar surface area (TPSA) is 9.23 Å². The molecular formula is C24H20O. The second-order valence-corrected chi connectivity index (χ2v) is 6.21. The Morgan fingerprint density at radius 3 is 2.32 bits per heavy atom. The number of benzene rings is 4. The van der Waals surface area contributed by atoms with E-state index in [0.717, 1.165) is 5.56 Å². The van der Waals surface area contributed by atoms with Crippen LogP contribution in [0.5, 0.6) is 0 Å². The molecule has 0 unspecified atom stereocenters. The third kappa shape index (κ3) is 3.19. The first-order valence-corrected chi connectivity index (χ1v) is 8.54. The standard InChI is InChI=1S/C24H20O/c1-2-24(21-15-14-18-8-3-4-10-20(18)16-21)25-17-22-12-7-11-19-9-5-6-13-23(19)22/h2-16,24H,1,17H2/t24-/m1/s1. The van der Waals surface area contributed by atoms with Gasteiger partial charge in [0.25, 0.3) is 0 Å². The molecule has 0 spiro atoms. The first kappa shape index (κ1) is 15.6. The van der Waals surface area contributed by atoms with E-state index >= 15 is 0 Å². The van der Waals surface area contributed by atoms with Crippen molar-refractivity contribution in [3.63, 3.8) is 0 Å². The molecule has 0 aliphatic heterocycles. The van der Waals surface area contributed by atoms with Gasteiger partial charge >= 0.3 is 0 Å². The van der Waals surface area contributed by atoms with Crippen LogP contribution in [0.1, 0.15) is 17.2 Å². The van der Waals surface area contributed by atoms with Gasteiger partial charge in [-0.3, -0.25) is 0 Å². The zero-order valence-electron chi connectivity index (χ0n) is 14.1. The first-order chi connectivity index (χ1) is 12.3. The van der Waals surface area contributed by atoms with E-state index in [9.17, 15) is 0 Å². The maximum absolute atomic E-state index is 6.20. The Kier molecular flexibility index (Phi) is 4.32. The fraction of sp³-hybridized carbons (Fsp3) is 0.0833. The van der Waals surface area contributed by atoms with Gasteiger partial charge < -0.3 is 4.74 Å². The Balaban J connectivity index is 1.60. The average molecular weight is 324 g/mol. The molecule has 0 bridgehead atoms. The van der Waals surface area contributed by atoms with Crippen LogP contribution in [-0.4, -0.2) is 0 Å². The van der Waals surface area contributed by atoms with Crippen LogP contribution in [0.25, 0.3) is 21.5 Å². The minimum Gasteiger partial charge on any atom is -0.365 e. The van der Waals surface area contributed by atoms with Crippen LogP contribution in [0, 0.1) is 0 Å². The van der Waals surface area contributed by atoms with Crippen molar-refractivity contribution in [3.05, 3.63) is 109 Å². The molecule has 0 saturated heterocycles. The van der Waals surface area contributed by atoms with Gasteiger partial charge in [0.05, 0.1) is 6.61 Å². The predicted molar refractivity (Wildman–Crippen MR) is 106 cm³/mol. The average Bonchev–Trinajstić information content (AvgIpc) is 2.68. The van der Waals surface area contributed by atoms with E-state index in [0.29, 0.717) is 6.61 Å². The highest BCUT2D eigenvalue weighted by Crippen LogP contribution is 2.26. The molecule has 0 aliphatic carbocycles. The molecule has 0 N–H and O–H groups in total.